The molecule has 0 spiro atoms. The number of aliphatic hydroxyl groups excluding tert-OH is 1. The van der Waals surface area contributed by atoms with E-state index in [4.69, 9.17) is 4.74 Å². The predicted octanol–water partition coefficient (Wildman–Crippen LogP) is 3.60. The smallest absolute Gasteiger partial charge is 0.0900 e. The Morgan fingerprint density at radius 2 is 1.57 bits per heavy atom. The molecule has 0 aliphatic heterocycles. The fourth-order valence-corrected chi connectivity index (χ4v) is 6.54. The van der Waals surface area contributed by atoms with Crippen molar-refractivity contribution in [2.24, 2.45) is 17.8 Å². The van der Waals surface area contributed by atoms with Crippen molar-refractivity contribution in [1.29, 1.82) is 0 Å². The van der Waals surface area contributed by atoms with E-state index in [1.54, 1.807) is 0 Å². The Hall–Kier alpha value is -0.120. The molecule has 0 saturated heterocycles. The van der Waals surface area contributed by atoms with Crippen molar-refractivity contribution >= 4 is 0 Å². The second kappa shape index (κ2) is 6.65. The summed E-state index contributed by atoms with van der Waals surface area (Å²) in [5, 5.41) is 10.5. The summed E-state index contributed by atoms with van der Waals surface area (Å²) < 4.78 is 6.42. The SMILES string of the molecule is CN(C[C@H](O)COC12CC3CC(CC(C3)C1)C2)C1CCCCC1. The van der Waals surface area contributed by atoms with Crippen molar-refractivity contribution in [3.63, 3.8) is 0 Å². The number of likely N-dealkylation sites (N-methyl/N-ethyl adjacent to an activating group) is 1. The molecule has 132 valence electrons. The summed E-state index contributed by atoms with van der Waals surface area (Å²) in [5.41, 5.74) is 0.138. The quantitative estimate of drug-likeness (QED) is 0.811. The van der Waals surface area contributed by atoms with Crippen LogP contribution in [-0.4, -0.2) is 48.0 Å². The van der Waals surface area contributed by atoms with Gasteiger partial charge in [0, 0.05) is 12.6 Å². The Balaban J connectivity index is 1.25. The highest BCUT2D eigenvalue weighted by molar-refractivity contribution is 5.03. The van der Waals surface area contributed by atoms with Gasteiger partial charge in [0.2, 0.25) is 0 Å². The van der Waals surface area contributed by atoms with Gasteiger partial charge in [-0.05, 0) is 76.2 Å². The first-order valence-electron chi connectivity index (χ1n) is 10.1. The van der Waals surface area contributed by atoms with E-state index < -0.39 is 0 Å². The van der Waals surface area contributed by atoms with Crippen LogP contribution in [0, 0.1) is 17.8 Å². The standard InChI is InChI=1S/C20H35NO2/c1-21(18-5-3-2-4-6-18)13-19(22)14-23-20-10-15-7-16(11-20)9-17(8-15)12-20/h15-19,22H,2-14H2,1H3/t15?,16?,17?,19-,20?/m0/s1. The topological polar surface area (TPSA) is 32.7 Å². The van der Waals surface area contributed by atoms with E-state index >= 15 is 0 Å². The first kappa shape index (κ1) is 16.4. The monoisotopic (exact) mass is 321 g/mol. The molecular weight excluding hydrogens is 286 g/mol. The lowest BCUT2D eigenvalue weighted by atomic mass is 9.54. The minimum Gasteiger partial charge on any atom is -0.389 e. The Labute approximate surface area is 141 Å². The molecule has 5 aliphatic carbocycles. The highest BCUT2D eigenvalue weighted by Gasteiger charge is 2.51. The largest absolute Gasteiger partial charge is 0.389 e. The molecule has 3 nitrogen and oxygen atoms in total. The van der Waals surface area contributed by atoms with Crippen molar-refractivity contribution in [2.75, 3.05) is 20.2 Å². The molecule has 5 aliphatic rings. The lowest BCUT2D eigenvalue weighted by Crippen LogP contribution is -2.53. The lowest BCUT2D eigenvalue weighted by molar-refractivity contribution is -0.176. The van der Waals surface area contributed by atoms with Gasteiger partial charge in [-0.15, -0.1) is 0 Å². The van der Waals surface area contributed by atoms with E-state index in [1.165, 1.54) is 70.6 Å². The maximum atomic E-state index is 10.5. The molecule has 0 unspecified atom stereocenters. The summed E-state index contributed by atoms with van der Waals surface area (Å²) in [6, 6.07) is 0.679. The van der Waals surface area contributed by atoms with Gasteiger partial charge in [0.15, 0.2) is 0 Å². The fraction of sp³-hybridized carbons (Fsp3) is 1.00. The summed E-state index contributed by atoms with van der Waals surface area (Å²) in [6.07, 6.45) is 14.6. The van der Waals surface area contributed by atoms with Gasteiger partial charge in [-0.25, -0.2) is 0 Å². The molecule has 23 heavy (non-hydrogen) atoms. The van der Waals surface area contributed by atoms with Gasteiger partial charge in [-0.2, -0.15) is 0 Å². The van der Waals surface area contributed by atoms with Crippen molar-refractivity contribution in [1.82, 2.24) is 4.90 Å². The molecule has 5 fully saturated rings. The first-order chi connectivity index (χ1) is 11.1. The van der Waals surface area contributed by atoms with Crippen LogP contribution in [0.2, 0.25) is 0 Å². The lowest BCUT2D eigenvalue weighted by Gasteiger charge is -2.56. The van der Waals surface area contributed by atoms with E-state index in [0.717, 1.165) is 24.3 Å². The average Bonchev–Trinajstić information content (AvgIpc) is 2.53. The molecule has 5 saturated carbocycles. The van der Waals surface area contributed by atoms with Crippen LogP contribution in [0.4, 0.5) is 0 Å². The highest BCUT2D eigenvalue weighted by atomic mass is 16.5. The number of aliphatic hydroxyl groups is 1. The molecule has 3 heteroatoms. The van der Waals surface area contributed by atoms with Gasteiger partial charge in [-0.1, -0.05) is 19.3 Å². The van der Waals surface area contributed by atoms with Gasteiger partial charge >= 0.3 is 0 Å². The zero-order chi connectivity index (χ0) is 15.9. The van der Waals surface area contributed by atoms with Gasteiger partial charge in [-0.3, -0.25) is 0 Å². The van der Waals surface area contributed by atoms with Crippen LogP contribution < -0.4 is 0 Å². The number of rotatable bonds is 6. The molecule has 0 aromatic heterocycles. The molecule has 1 N–H and O–H groups in total. The summed E-state index contributed by atoms with van der Waals surface area (Å²) in [6.45, 7) is 1.32. The van der Waals surface area contributed by atoms with Gasteiger partial charge in [0.1, 0.15) is 0 Å². The van der Waals surface area contributed by atoms with E-state index in [1.807, 2.05) is 0 Å². The van der Waals surface area contributed by atoms with Crippen LogP contribution in [0.3, 0.4) is 0 Å². The third-order valence-corrected chi connectivity index (χ3v) is 7.26. The Morgan fingerprint density at radius 1 is 1.00 bits per heavy atom. The van der Waals surface area contributed by atoms with Crippen LogP contribution in [0.25, 0.3) is 0 Å². The van der Waals surface area contributed by atoms with Crippen LogP contribution in [0.15, 0.2) is 0 Å². The molecule has 0 heterocycles. The Kier molecular flexibility index (Phi) is 4.73. The predicted molar refractivity (Wildman–Crippen MR) is 92.4 cm³/mol. The van der Waals surface area contributed by atoms with E-state index in [0.29, 0.717) is 12.6 Å². The minimum atomic E-state index is -0.324. The van der Waals surface area contributed by atoms with Crippen molar-refractivity contribution in [2.45, 2.75) is 88.4 Å². The first-order valence-corrected chi connectivity index (χ1v) is 10.1. The fourth-order valence-electron chi connectivity index (χ4n) is 6.54. The van der Waals surface area contributed by atoms with Crippen molar-refractivity contribution in [3.8, 4) is 0 Å². The minimum absolute atomic E-state index is 0.138. The van der Waals surface area contributed by atoms with Crippen molar-refractivity contribution in [3.05, 3.63) is 0 Å². The summed E-state index contributed by atoms with van der Waals surface area (Å²) in [5.74, 6) is 2.76. The van der Waals surface area contributed by atoms with Gasteiger partial charge < -0.3 is 14.7 Å². The average molecular weight is 322 g/mol. The molecule has 0 aromatic carbocycles. The maximum absolute atomic E-state index is 10.5. The van der Waals surface area contributed by atoms with Crippen molar-refractivity contribution < 1.29 is 9.84 Å². The van der Waals surface area contributed by atoms with Crippen LogP contribution >= 0.6 is 0 Å². The molecule has 1 atom stereocenters. The molecule has 0 aromatic rings. The second-order valence-electron chi connectivity index (χ2n) is 9.30. The second-order valence-corrected chi connectivity index (χ2v) is 9.30. The highest BCUT2D eigenvalue weighted by Crippen LogP contribution is 2.57. The summed E-state index contributed by atoms with van der Waals surface area (Å²) in [4.78, 5) is 2.38. The molecule has 4 bridgehead atoms. The number of ether oxygens (including phenoxy) is 1. The van der Waals surface area contributed by atoms with Gasteiger partial charge in [0.25, 0.3) is 0 Å². The molecule has 0 amide bonds. The van der Waals surface area contributed by atoms with Gasteiger partial charge in [0.05, 0.1) is 18.3 Å². The normalized spacial score (nSPS) is 41.6. The van der Waals surface area contributed by atoms with Crippen LogP contribution in [0.1, 0.15) is 70.6 Å². The third-order valence-electron chi connectivity index (χ3n) is 7.26. The molecule has 0 radical (unpaired) electrons. The van der Waals surface area contributed by atoms with Crippen LogP contribution in [-0.2, 0) is 4.74 Å². The number of hydrogen-bond donors (Lipinski definition) is 1. The van der Waals surface area contributed by atoms with E-state index in [-0.39, 0.29) is 11.7 Å². The number of nitrogens with zero attached hydrogens (tertiary/aromatic N) is 1. The third kappa shape index (κ3) is 3.62. The number of hydrogen-bond acceptors (Lipinski definition) is 3. The molecule has 5 rings (SSSR count). The van der Waals surface area contributed by atoms with E-state index in [2.05, 4.69) is 11.9 Å². The van der Waals surface area contributed by atoms with Crippen LogP contribution in [0.5, 0.6) is 0 Å². The van der Waals surface area contributed by atoms with E-state index in [9.17, 15) is 5.11 Å². The molecular formula is C20H35NO2. The zero-order valence-electron chi connectivity index (χ0n) is 14.9. The Bertz CT molecular complexity index is 369. The summed E-state index contributed by atoms with van der Waals surface area (Å²) >= 11 is 0. The zero-order valence-corrected chi connectivity index (χ0v) is 14.9. The maximum Gasteiger partial charge on any atom is 0.0900 e. The summed E-state index contributed by atoms with van der Waals surface area (Å²) in [7, 11) is 2.18. The Morgan fingerprint density at radius 3 is 2.13 bits per heavy atom.